The minimum absolute atomic E-state index is 0.188. The number of hydrogen-bond acceptors (Lipinski definition) is 4. The summed E-state index contributed by atoms with van der Waals surface area (Å²) in [6, 6.07) is 3.72. The van der Waals surface area contributed by atoms with Crippen LogP contribution < -0.4 is 5.32 Å². The molecule has 0 bridgehead atoms. The van der Waals surface area contributed by atoms with Crippen molar-refractivity contribution >= 4 is 17.4 Å². The summed E-state index contributed by atoms with van der Waals surface area (Å²) in [6.07, 6.45) is 4.09. The highest BCUT2D eigenvalue weighted by molar-refractivity contribution is 6.32. The lowest BCUT2D eigenvalue weighted by Crippen LogP contribution is -2.55. The van der Waals surface area contributed by atoms with Crippen LogP contribution in [0.2, 0.25) is 5.02 Å². The van der Waals surface area contributed by atoms with Crippen molar-refractivity contribution in [1.82, 2.24) is 14.8 Å². The molecule has 1 N–H and O–H groups in total. The van der Waals surface area contributed by atoms with Gasteiger partial charge in [-0.05, 0) is 59.2 Å². The summed E-state index contributed by atoms with van der Waals surface area (Å²) in [5, 5.41) is 4.10. The third kappa shape index (κ3) is 3.38. The second-order valence-electron chi connectivity index (χ2n) is 5.61. The summed E-state index contributed by atoms with van der Waals surface area (Å²) in [4.78, 5) is 9.02. The lowest BCUT2D eigenvalue weighted by atomic mass is 9.86. The number of rotatable bonds is 4. The van der Waals surface area contributed by atoms with Crippen LogP contribution in [0.4, 0.5) is 5.82 Å². The summed E-state index contributed by atoms with van der Waals surface area (Å²) in [7, 11) is 6.50. The van der Waals surface area contributed by atoms with Crippen molar-refractivity contribution < 1.29 is 0 Å². The van der Waals surface area contributed by atoms with E-state index in [4.69, 9.17) is 11.6 Å². The van der Waals surface area contributed by atoms with Crippen molar-refractivity contribution in [1.29, 1.82) is 0 Å². The number of anilines is 1. The van der Waals surface area contributed by atoms with E-state index in [0.29, 0.717) is 5.02 Å². The van der Waals surface area contributed by atoms with Crippen molar-refractivity contribution in [3.63, 3.8) is 0 Å². The highest BCUT2D eigenvalue weighted by atomic mass is 35.5. The minimum atomic E-state index is 0.188. The van der Waals surface area contributed by atoms with Crippen LogP contribution in [0.1, 0.15) is 12.8 Å². The molecule has 4 nitrogen and oxygen atoms in total. The average Bonchev–Trinajstić information content (AvgIpc) is 2.40. The highest BCUT2D eigenvalue weighted by Gasteiger charge is 2.35. The molecule has 106 valence electrons. The fourth-order valence-corrected chi connectivity index (χ4v) is 2.77. The van der Waals surface area contributed by atoms with E-state index in [-0.39, 0.29) is 5.54 Å². The number of likely N-dealkylation sites (tertiary alicyclic amines) is 1. The molecule has 1 aliphatic rings. The van der Waals surface area contributed by atoms with E-state index in [2.05, 4.69) is 41.2 Å². The number of nitrogens with one attached hydrogen (secondary N) is 1. The number of hydrogen-bond donors (Lipinski definition) is 1. The van der Waals surface area contributed by atoms with Crippen LogP contribution in [0.3, 0.4) is 0 Å². The van der Waals surface area contributed by atoms with Gasteiger partial charge in [0.05, 0.1) is 5.02 Å². The fraction of sp³-hybridized carbons (Fsp3) is 0.643. The van der Waals surface area contributed by atoms with Crippen molar-refractivity contribution in [2.75, 3.05) is 46.1 Å². The van der Waals surface area contributed by atoms with Crippen LogP contribution in [-0.2, 0) is 0 Å². The van der Waals surface area contributed by atoms with Crippen molar-refractivity contribution in [2.45, 2.75) is 18.4 Å². The van der Waals surface area contributed by atoms with Gasteiger partial charge in [-0.25, -0.2) is 4.98 Å². The average molecular weight is 283 g/mol. The van der Waals surface area contributed by atoms with Gasteiger partial charge in [-0.1, -0.05) is 11.6 Å². The quantitative estimate of drug-likeness (QED) is 0.917. The Labute approximate surface area is 120 Å². The number of halogens is 1. The van der Waals surface area contributed by atoms with E-state index < -0.39 is 0 Å². The van der Waals surface area contributed by atoms with Crippen LogP contribution in [0, 0.1) is 0 Å². The zero-order valence-electron chi connectivity index (χ0n) is 12.0. The van der Waals surface area contributed by atoms with Gasteiger partial charge in [0.2, 0.25) is 0 Å². The van der Waals surface area contributed by atoms with Crippen molar-refractivity contribution in [3.8, 4) is 0 Å². The molecule has 0 amide bonds. The SMILES string of the molecule is CN1CCC(CNc2ncccc2Cl)(N(C)C)CC1. The van der Waals surface area contributed by atoms with E-state index in [0.717, 1.165) is 38.3 Å². The summed E-state index contributed by atoms with van der Waals surface area (Å²) >= 11 is 6.14. The number of likely N-dealkylation sites (N-methyl/N-ethyl adjacent to an activating group) is 1. The largest absolute Gasteiger partial charge is 0.367 e. The zero-order chi connectivity index (χ0) is 13.9. The molecule has 0 radical (unpaired) electrons. The van der Waals surface area contributed by atoms with Crippen LogP contribution in [0.25, 0.3) is 0 Å². The number of pyridine rings is 1. The van der Waals surface area contributed by atoms with Crippen LogP contribution >= 0.6 is 11.6 Å². The topological polar surface area (TPSA) is 31.4 Å². The van der Waals surface area contributed by atoms with Gasteiger partial charge in [0, 0.05) is 18.3 Å². The second kappa shape index (κ2) is 6.07. The predicted octanol–water partition coefficient (Wildman–Crippen LogP) is 2.17. The fourth-order valence-electron chi connectivity index (χ4n) is 2.58. The number of nitrogens with zero attached hydrogens (tertiary/aromatic N) is 3. The first kappa shape index (κ1) is 14.6. The lowest BCUT2D eigenvalue weighted by molar-refractivity contribution is 0.0773. The normalized spacial score (nSPS) is 19.6. The van der Waals surface area contributed by atoms with Gasteiger partial charge in [0.25, 0.3) is 0 Å². The van der Waals surface area contributed by atoms with Gasteiger partial charge in [0.15, 0.2) is 0 Å². The Balaban J connectivity index is 2.04. The Kier molecular flexibility index (Phi) is 4.66. The molecule has 2 heterocycles. The van der Waals surface area contributed by atoms with Gasteiger partial charge in [0.1, 0.15) is 5.82 Å². The Morgan fingerprint density at radius 2 is 2.11 bits per heavy atom. The molecule has 1 fully saturated rings. The van der Waals surface area contributed by atoms with Gasteiger partial charge in [-0.3, -0.25) is 0 Å². The molecule has 19 heavy (non-hydrogen) atoms. The molecule has 0 saturated carbocycles. The van der Waals surface area contributed by atoms with Crippen LogP contribution in [0.15, 0.2) is 18.3 Å². The van der Waals surface area contributed by atoms with E-state index in [1.807, 2.05) is 12.1 Å². The van der Waals surface area contributed by atoms with E-state index in [1.165, 1.54) is 0 Å². The molecule has 1 aromatic rings. The molecule has 0 aliphatic carbocycles. The number of piperidine rings is 1. The first-order valence-corrected chi connectivity index (χ1v) is 7.12. The Hall–Kier alpha value is -0.840. The Morgan fingerprint density at radius 1 is 1.42 bits per heavy atom. The maximum atomic E-state index is 6.14. The molecule has 1 aromatic heterocycles. The highest BCUT2D eigenvalue weighted by Crippen LogP contribution is 2.28. The maximum absolute atomic E-state index is 6.14. The third-order valence-corrected chi connectivity index (χ3v) is 4.51. The van der Waals surface area contributed by atoms with E-state index in [1.54, 1.807) is 6.20 Å². The minimum Gasteiger partial charge on any atom is -0.367 e. The zero-order valence-corrected chi connectivity index (χ0v) is 12.7. The van der Waals surface area contributed by atoms with Gasteiger partial charge >= 0.3 is 0 Å². The maximum Gasteiger partial charge on any atom is 0.144 e. The molecule has 0 spiro atoms. The van der Waals surface area contributed by atoms with Crippen LogP contribution in [-0.4, -0.2) is 61.1 Å². The van der Waals surface area contributed by atoms with Gasteiger partial charge in [-0.15, -0.1) is 0 Å². The standard InChI is InChI=1S/C14H23ClN4/c1-18(2)14(6-9-19(3)10-7-14)11-17-13-12(15)5-4-8-16-13/h4-5,8H,6-7,9-11H2,1-3H3,(H,16,17). The Bertz CT molecular complexity index is 414. The first-order chi connectivity index (χ1) is 9.03. The van der Waals surface area contributed by atoms with Gasteiger partial charge in [-0.2, -0.15) is 0 Å². The molecular formula is C14H23ClN4. The molecular weight excluding hydrogens is 260 g/mol. The van der Waals surface area contributed by atoms with E-state index >= 15 is 0 Å². The summed E-state index contributed by atoms with van der Waals surface area (Å²) in [5.74, 6) is 0.782. The second-order valence-corrected chi connectivity index (χ2v) is 6.02. The molecule has 0 unspecified atom stereocenters. The van der Waals surface area contributed by atoms with E-state index in [9.17, 15) is 0 Å². The monoisotopic (exact) mass is 282 g/mol. The molecule has 0 atom stereocenters. The Morgan fingerprint density at radius 3 is 2.68 bits per heavy atom. The number of aromatic nitrogens is 1. The molecule has 0 aromatic carbocycles. The molecule has 1 saturated heterocycles. The predicted molar refractivity (Wildman–Crippen MR) is 80.9 cm³/mol. The molecule has 1 aliphatic heterocycles. The summed E-state index contributed by atoms with van der Waals surface area (Å²) in [5.41, 5.74) is 0.188. The van der Waals surface area contributed by atoms with Crippen LogP contribution in [0.5, 0.6) is 0 Å². The van der Waals surface area contributed by atoms with Gasteiger partial charge < -0.3 is 15.1 Å². The summed E-state index contributed by atoms with van der Waals surface area (Å²) < 4.78 is 0. The first-order valence-electron chi connectivity index (χ1n) is 6.74. The summed E-state index contributed by atoms with van der Waals surface area (Å²) in [6.45, 7) is 3.15. The molecule has 2 rings (SSSR count). The lowest BCUT2D eigenvalue weighted by Gasteiger charge is -2.45. The van der Waals surface area contributed by atoms with Crippen molar-refractivity contribution in [2.24, 2.45) is 0 Å². The third-order valence-electron chi connectivity index (χ3n) is 4.21. The smallest absolute Gasteiger partial charge is 0.144 e. The molecule has 5 heteroatoms. The van der Waals surface area contributed by atoms with Crippen molar-refractivity contribution in [3.05, 3.63) is 23.4 Å².